The molecule has 2 amide bonds. The first-order valence-corrected chi connectivity index (χ1v) is 9.27. The van der Waals surface area contributed by atoms with E-state index >= 15 is 0 Å². The van der Waals surface area contributed by atoms with E-state index in [-0.39, 0.29) is 11.8 Å². The molecule has 0 spiro atoms. The van der Waals surface area contributed by atoms with Crippen LogP contribution in [0.5, 0.6) is 0 Å². The van der Waals surface area contributed by atoms with Crippen molar-refractivity contribution in [1.82, 2.24) is 9.80 Å². The molecule has 0 saturated carbocycles. The Morgan fingerprint density at radius 3 is 2.19 bits per heavy atom. The number of likely N-dealkylation sites (tertiary alicyclic amines) is 1. The molecule has 1 aliphatic rings. The standard InChI is InChI=1S/C22H26N2O2/c1-3-17-6-8-18(9-7-17)15-23(2)22(26)20-12-10-19(11-13-20)16-24-14-4-5-21(24)25/h6-13H,3-5,14-16H2,1-2H3. The number of hydrogen-bond donors (Lipinski definition) is 0. The molecule has 26 heavy (non-hydrogen) atoms. The van der Waals surface area contributed by atoms with Crippen LogP contribution in [0.15, 0.2) is 48.5 Å². The summed E-state index contributed by atoms with van der Waals surface area (Å²) in [6.07, 6.45) is 2.62. The second-order valence-electron chi connectivity index (χ2n) is 6.95. The summed E-state index contributed by atoms with van der Waals surface area (Å²) in [5.41, 5.74) is 4.17. The van der Waals surface area contributed by atoms with E-state index in [1.165, 1.54) is 5.56 Å². The van der Waals surface area contributed by atoms with E-state index in [4.69, 9.17) is 0 Å². The van der Waals surface area contributed by atoms with E-state index in [1.54, 1.807) is 4.90 Å². The maximum atomic E-state index is 12.6. The van der Waals surface area contributed by atoms with Crippen molar-refractivity contribution in [3.8, 4) is 0 Å². The zero-order valence-corrected chi connectivity index (χ0v) is 15.6. The van der Waals surface area contributed by atoms with Crippen molar-refractivity contribution in [2.75, 3.05) is 13.6 Å². The summed E-state index contributed by atoms with van der Waals surface area (Å²) in [7, 11) is 1.83. The van der Waals surface area contributed by atoms with Crippen LogP contribution < -0.4 is 0 Å². The van der Waals surface area contributed by atoms with Crippen LogP contribution in [-0.4, -0.2) is 35.2 Å². The minimum absolute atomic E-state index is 0.00775. The van der Waals surface area contributed by atoms with E-state index in [9.17, 15) is 9.59 Å². The molecule has 4 nitrogen and oxygen atoms in total. The highest BCUT2D eigenvalue weighted by molar-refractivity contribution is 5.94. The fourth-order valence-electron chi connectivity index (χ4n) is 3.29. The molecule has 0 bridgehead atoms. The molecule has 0 aliphatic carbocycles. The molecule has 1 saturated heterocycles. The Hall–Kier alpha value is -2.62. The van der Waals surface area contributed by atoms with E-state index in [1.807, 2.05) is 36.2 Å². The predicted octanol–water partition coefficient (Wildman–Crippen LogP) is 3.64. The lowest BCUT2D eigenvalue weighted by atomic mass is 10.1. The summed E-state index contributed by atoms with van der Waals surface area (Å²) in [6.45, 7) is 4.19. The fourth-order valence-corrected chi connectivity index (χ4v) is 3.29. The molecular formula is C22H26N2O2. The molecule has 0 radical (unpaired) electrons. The van der Waals surface area contributed by atoms with Gasteiger partial charge in [-0.15, -0.1) is 0 Å². The predicted molar refractivity (Wildman–Crippen MR) is 103 cm³/mol. The maximum absolute atomic E-state index is 12.6. The largest absolute Gasteiger partial charge is 0.338 e. The van der Waals surface area contributed by atoms with Gasteiger partial charge in [-0.25, -0.2) is 0 Å². The van der Waals surface area contributed by atoms with Gasteiger partial charge in [0, 0.05) is 38.7 Å². The molecule has 3 rings (SSSR count). The van der Waals surface area contributed by atoms with Crippen molar-refractivity contribution in [2.24, 2.45) is 0 Å². The summed E-state index contributed by atoms with van der Waals surface area (Å²) >= 11 is 0. The third kappa shape index (κ3) is 4.31. The van der Waals surface area contributed by atoms with Crippen LogP contribution >= 0.6 is 0 Å². The zero-order valence-electron chi connectivity index (χ0n) is 15.6. The van der Waals surface area contributed by atoms with E-state index in [0.717, 1.165) is 30.5 Å². The van der Waals surface area contributed by atoms with Crippen LogP contribution in [0.1, 0.15) is 46.8 Å². The van der Waals surface area contributed by atoms with E-state index in [2.05, 4.69) is 31.2 Å². The Bertz CT molecular complexity index is 766. The lowest BCUT2D eigenvalue weighted by Gasteiger charge is -2.18. The van der Waals surface area contributed by atoms with Gasteiger partial charge in [-0.3, -0.25) is 9.59 Å². The minimum Gasteiger partial charge on any atom is -0.338 e. The normalized spacial score (nSPS) is 13.9. The van der Waals surface area contributed by atoms with Crippen LogP contribution in [0.2, 0.25) is 0 Å². The van der Waals surface area contributed by atoms with Gasteiger partial charge in [0.2, 0.25) is 5.91 Å². The van der Waals surface area contributed by atoms with Gasteiger partial charge in [-0.1, -0.05) is 43.3 Å². The smallest absolute Gasteiger partial charge is 0.253 e. The highest BCUT2D eigenvalue weighted by Crippen LogP contribution is 2.16. The van der Waals surface area contributed by atoms with Gasteiger partial charge in [0.15, 0.2) is 0 Å². The van der Waals surface area contributed by atoms with Crippen LogP contribution in [0.4, 0.5) is 0 Å². The molecule has 0 atom stereocenters. The molecule has 4 heteroatoms. The number of carbonyl (C=O) groups is 2. The molecule has 0 unspecified atom stereocenters. The fraction of sp³-hybridized carbons (Fsp3) is 0.364. The summed E-state index contributed by atoms with van der Waals surface area (Å²) in [5.74, 6) is 0.229. The Morgan fingerprint density at radius 1 is 1.00 bits per heavy atom. The third-order valence-corrected chi connectivity index (χ3v) is 4.94. The quantitative estimate of drug-likeness (QED) is 0.798. The summed E-state index contributed by atoms with van der Waals surface area (Å²) in [5, 5.41) is 0. The lowest BCUT2D eigenvalue weighted by molar-refractivity contribution is -0.128. The first-order chi connectivity index (χ1) is 12.6. The van der Waals surface area contributed by atoms with Gasteiger partial charge in [0.1, 0.15) is 0 Å². The van der Waals surface area contributed by atoms with Crippen molar-refractivity contribution in [3.05, 3.63) is 70.8 Å². The molecule has 1 fully saturated rings. The second kappa shape index (κ2) is 8.17. The van der Waals surface area contributed by atoms with Crippen molar-refractivity contribution in [2.45, 2.75) is 39.3 Å². The van der Waals surface area contributed by atoms with Gasteiger partial charge in [-0.2, -0.15) is 0 Å². The minimum atomic E-state index is 0.00775. The highest BCUT2D eigenvalue weighted by Gasteiger charge is 2.20. The Labute approximate surface area is 155 Å². The van der Waals surface area contributed by atoms with Gasteiger partial charge in [-0.05, 0) is 41.7 Å². The molecule has 0 aromatic heterocycles. The first-order valence-electron chi connectivity index (χ1n) is 9.27. The molecule has 136 valence electrons. The third-order valence-electron chi connectivity index (χ3n) is 4.94. The number of carbonyl (C=O) groups excluding carboxylic acids is 2. The van der Waals surface area contributed by atoms with E-state index in [0.29, 0.717) is 25.1 Å². The van der Waals surface area contributed by atoms with Crippen molar-refractivity contribution in [1.29, 1.82) is 0 Å². The van der Waals surface area contributed by atoms with Crippen LogP contribution in [0.3, 0.4) is 0 Å². The van der Waals surface area contributed by atoms with Crippen molar-refractivity contribution >= 4 is 11.8 Å². The molecule has 0 N–H and O–H groups in total. The second-order valence-corrected chi connectivity index (χ2v) is 6.95. The van der Waals surface area contributed by atoms with Crippen molar-refractivity contribution < 1.29 is 9.59 Å². The topological polar surface area (TPSA) is 40.6 Å². The van der Waals surface area contributed by atoms with Gasteiger partial charge in [0.05, 0.1) is 0 Å². The number of aryl methyl sites for hydroxylation is 1. The van der Waals surface area contributed by atoms with Gasteiger partial charge in [0.25, 0.3) is 5.91 Å². The van der Waals surface area contributed by atoms with Gasteiger partial charge < -0.3 is 9.80 Å². The number of rotatable bonds is 6. The SMILES string of the molecule is CCc1ccc(CN(C)C(=O)c2ccc(CN3CCCC3=O)cc2)cc1. The number of nitrogens with zero attached hydrogens (tertiary/aromatic N) is 2. The zero-order chi connectivity index (χ0) is 18.5. The monoisotopic (exact) mass is 350 g/mol. The number of benzene rings is 2. The molecule has 2 aromatic rings. The van der Waals surface area contributed by atoms with E-state index < -0.39 is 0 Å². The summed E-state index contributed by atoms with van der Waals surface area (Å²) < 4.78 is 0. The average Bonchev–Trinajstić information content (AvgIpc) is 3.07. The van der Waals surface area contributed by atoms with Crippen molar-refractivity contribution in [3.63, 3.8) is 0 Å². The number of amides is 2. The number of hydrogen-bond acceptors (Lipinski definition) is 2. The molecule has 2 aromatic carbocycles. The summed E-state index contributed by atoms with van der Waals surface area (Å²) in [4.78, 5) is 28.0. The van der Waals surface area contributed by atoms with Crippen LogP contribution in [-0.2, 0) is 24.3 Å². The Morgan fingerprint density at radius 2 is 1.62 bits per heavy atom. The molecular weight excluding hydrogens is 324 g/mol. The maximum Gasteiger partial charge on any atom is 0.253 e. The first kappa shape index (κ1) is 18.2. The Balaban J connectivity index is 1.60. The molecule has 1 heterocycles. The van der Waals surface area contributed by atoms with Crippen LogP contribution in [0, 0.1) is 0 Å². The van der Waals surface area contributed by atoms with Gasteiger partial charge >= 0.3 is 0 Å². The molecule has 1 aliphatic heterocycles. The van der Waals surface area contributed by atoms with Crippen LogP contribution in [0.25, 0.3) is 0 Å². The Kier molecular flexibility index (Phi) is 5.71. The average molecular weight is 350 g/mol. The highest BCUT2D eigenvalue weighted by atomic mass is 16.2. The summed E-state index contributed by atoms with van der Waals surface area (Å²) in [6, 6.07) is 16.0. The lowest BCUT2D eigenvalue weighted by Crippen LogP contribution is -2.26.